The van der Waals surface area contributed by atoms with Crippen LogP contribution in [-0.4, -0.2) is 33.8 Å². The summed E-state index contributed by atoms with van der Waals surface area (Å²) in [6.07, 6.45) is 3.92. The predicted octanol–water partition coefficient (Wildman–Crippen LogP) is 2.02. The number of hydrogen-bond donors (Lipinski definition) is 1. The van der Waals surface area contributed by atoms with E-state index in [0.717, 1.165) is 18.4 Å². The lowest BCUT2D eigenvalue weighted by Crippen LogP contribution is -2.38. The summed E-state index contributed by atoms with van der Waals surface area (Å²) in [6.45, 7) is 7.75. The van der Waals surface area contributed by atoms with Gasteiger partial charge in [-0.25, -0.2) is 0 Å². The van der Waals surface area contributed by atoms with Crippen molar-refractivity contribution in [2.75, 3.05) is 13.1 Å². The monoisotopic (exact) mass is 298 g/mol. The lowest BCUT2D eigenvalue weighted by atomic mass is 9.78. The first-order valence-corrected chi connectivity index (χ1v) is 7.53. The maximum Gasteiger partial charge on any atom is 0.0641 e. The topological polar surface area (TPSA) is 47.1 Å². The van der Waals surface area contributed by atoms with Crippen LogP contribution in [0.2, 0.25) is 0 Å². The minimum Gasteiger partial charge on any atom is -0.327 e. The van der Waals surface area contributed by atoms with Crippen molar-refractivity contribution in [3.8, 4) is 0 Å². The van der Waals surface area contributed by atoms with Gasteiger partial charge in [0.15, 0.2) is 0 Å². The summed E-state index contributed by atoms with van der Waals surface area (Å²) in [5, 5.41) is 4.52. The van der Waals surface area contributed by atoms with Crippen molar-refractivity contribution in [2.24, 2.45) is 24.6 Å². The largest absolute Gasteiger partial charge is 0.327 e. The van der Waals surface area contributed by atoms with Crippen LogP contribution in [0.25, 0.3) is 0 Å². The van der Waals surface area contributed by atoms with E-state index in [1.807, 2.05) is 11.7 Å². The van der Waals surface area contributed by atoms with Gasteiger partial charge >= 0.3 is 0 Å². The second kappa shape index (κ2) is 6.04. The number of halogens is 1. The molecular formula is C15H27ClN4. The van der Waals surface area contributed by atoms with Crippen molar-refractivity contribution < 1.29 is 0 Å². The fourth-order valence-electron chi connectivity index (χ4n) is 4.01. The number of likely N-dealkylation sites (tertiary alicyclic amines) is 1. The average Bonchev–Trinajstić information content (AvgIpc) is 2.88. The van der Waals surface area contributed by atoms with Crippen molar-refractivity contribution in [3.05, 3.63) is 17.0 Å². The van der Waals surface area contributed by atoms with Crippen LogP contribution in [0.5, 0.6) is 0 Å². The molecule has 0 aromatic carbocycles. The molecule has 0 radical (unpaired) electrons. The highest BCUT2D eigenvalue weighted by molar-refractivity contribution is 5.85. The van der Waals surface area contributed by atoms with Gasteiger partial charge < -0.3 is 5.73 Å². The summed E-state index contributed by atoms with van der Waals surface area (Å²) in [4.78, 5) is 2.59. The molecule has 2 aliphatic rings. The van der Waals surface area contributed by atoms with Crippen LogP contribution in [0, 0.1) is 25.7 Å². The molecule has 0 bridgehead atoms. The molecule has 0 amide bonds. The molecular weight excluding hydrogens is 272 g/mol. The standard InChI is InChI=1S/C15H26N4.ClH/c1-10-13(11(2)18(3)17-10)8-19-7-12-5-4-6-15(16)14(12)9-19;/h12,14-15H,4-9,16H2,1-3H3;1H. The lowest BCUT2D eigenvalue weighted by Gasteiger charge is -2.29. The maximum absolute atomic E-state index is 6.30. The van der Waals surface area contributed by atoms with Crippen LogP contribution < -0.4 is 5.73 Å². The number of aryl methyl sites for hydroxylation is 2. The molecule has 1 aliphatic heterocycles. The van der Waals surface area contributed by atoms with Gasteiger partial charge in [-0.3, -0.25) is 9.58 Å². The van der Waals surface area contributed by atoms with Gasteiger partial charge in [0.2, 0.25) is 0 Å². The number of aromatic nitrogens is 2. The third-order valence-electron chi connectivity index (χ3n) is 5.27. The molecule has 2 fully saturated rings. The molecule has 20 heavy (non-hydrogen) atoms. The molecule has 5 heteroatoms. The molecule has 3 unspecified atom stereocenters. The van der Waals surface area contributed by atoms with Crippen LogP contribution in [0.3, 0.4) is 0 Å². The van der Waals surface area contributed by atoms with Gasteiger partial charge in [-0.2, -0.15) is 5.10 Å². The lowest BCUT2D eigenvalue weighted by molar-refractivity contribution is 0.259. The Kier molecular flexibility index (Phi) is 4.77. The number of fused-ring (bicyclic) bond motifs is 1. The fourth-order valence-corrected chi connectivity index (χ4v) is 4.01. The Morgan fingerprint density at radius 3 is 2.60 bits per heavy atom. The van der Waals surface area contributed by atoms with Gasteiger partial charge in [-0.1, -0.05) is 6.42 Å². The van der Waals surface area contributed by atoms with E-state index in [9.17, 15) is 0 Å². The van der Waals surface area contributed by atoms with Crippen molar-refractivity contribution in [1.82, 2.24) is 14.7 Å². The second-order valence-electron chi connectivity index (χ2n) is 6.49. The van der Waals surface area contributed by atoms with Crippen LogP contribution >= 0.6 is 12.4 Å². The second-order valence-corrected chi connectivity index (χ2v) is 6.49. The molecule has 3 rings (SSSR count). The van der Waals surface area contributed by atoms with Crippen molar-refractivity contribution in [2.45, 2.75) is 45.7 Å². The molecule has 2 N–H and O–H groups in total. The summed E-state index contributed by atoms with van der Waals surface area (Å²) in [5.74, 6) is 1.56. The summed E-state index contributed by atoms with van der Waals surface area (Å²) in [5.41, 5.74) is 10.2. The Hall–Kier alpha value is -0.580. The van der Waals surface area contributed by atoms with E-state index < -0.39 is 0 Å². The summed E-state index contributed by atoms with van der Waals surface area (Å²) in [6, 6.07) is 0.430. The fraction of sp³-hybridized carbons (Fsp3) is 0.800. The molecule has 1 aromatic rings. The van der Waals surface area contributed by atoms with Crippen molar-refractivity contribution in [1.29, 1.82) is 0 Å². The molecule has 3 atom stereocenters. The Bertz CT molecular complexity index is 471. The molecule has 1 aromatic heterocycles. The highest BCUT2D eigenvalue weighted by Gasteiger charge is 2.38. The Morgan fingerprint density at radius 1 is 1.25 bits per heavy atom. The van der Waals surface area contributed by atoms with Crippen LogP contribution in [0.15, 0.2) is 0 Å². The first-order chi connectivity index (χ1) is 9.06. The third-order valence-corrected chi connectivity index (χ3v) is 5.27. The predicted molar refractivity (Wildman–Crippen MR) is 84.0 cm³/mol. The van der Waals surface area contributed by atoms with Gasteiger partial charge in [0.05, 0.1) is 5.69 Å². The average molecular weight is 299 g/mol. The van der Waals surface area contributed by atoms with Gasteiger partial charge in [0.25, 0.3) is 0 Å². The highest BCUT2D eigenvalue weighted by atomic mass is 35.5. The van der Waals surface area contributed by atoms with Gasteiger partial charge in [0.1, 0.15) is 0 Å². The number of rotatable bonds is 2. The minimum absolute atomic E-state index is 0. The van der Waals surface area contributed by atoms with E-state index in [1.165, 1.54) is 49.3 Å². The summed E-state index contributed by atoms with van der Waals surface area (Å²) in [7, 11) is 2.03. The van der Waals surface area contributed by atoms with E-state index in [4.69, 9.17) is 5.73 Å². The Balaban J connectivity index is 0.00000147. The number of hydrogen-bond acceptors (Lipinski definition) is 3. The highest BCUT2D eigenvalue weighted by Crippen LogP contribution is 2.36. The number of nitrogens with two attached hydrogens (primary N) is 1. The summed E-state index contributed by atoms with van der Waals surface area (Å²) < 4.78 is 2.00. The molecule has 114 valence electrons. The van der Waals surface area contributed by atoms with E-state index in [-0.39, 0.29) is 12.4 Å². The normalized spacial score (nSPS) is 30.1. The molecule has 4 nitrogen and oxygen atoms in total. The van der Waals surface area contributed by atoms with E-state index in [2.05, 4.69) is 23.8 Å². The molecule has 1 saturated heterocycles. The van der Waals surface area contributed by atoms with Gasteiger partial charge in [-0.15, -0.1) is 12.4 Å². The van der Waals surface area contributed by atoms with Crippen LogP contribution in [0.1, 0.15) is 36.2 Å². The SMILES string of the molecule is Cc1nn(C)c(C)c1CN1CC2CCCC(N)C2C1.Cl. The Morgan fingerprint density at radius 2 is 2.00 bits per heavy atom. The molecule has 1 aliphatic carbocycles. The molecule has 1 saturated carbocycles. The summed E-state index contributed by atoms with van der Waals surface area (Å²) >= 11 is 0. The van der Waals surface area contributed by atoms with Crippen LogP contribution in [0.4, 0.5) is 0 Å². The zero-order valence-electron chi connectivity index (χ0n) is 12.8. The van der Waals surface area contributed by atoms with Gasteiger partial charge in [-0.05, 0) is 38.5 Å². The van der Waals surface area contributed by atoms with Crippen molar-refractivity contribution in [3.63, 3.8) is 0 Å². The zero-order chi connectivity index (χ0) is 13.6. The van der Waals surface area contributed by atoms with Gasteiger partial charge in [0, 0.05) is 44.0 Å². The smallest absolute Gasteiger partial charge is 0.0641 e. The zero-order valence-corrected chi connectivity index (χ0v) is 13.6. The van der Waals surface area contributed by atoms with Crippen molar-refractivity contribution >= 4 is 12.4 Å². The quantitative estimate of drug-likeness (QED) is 0.909. The third kappa shape index (κ3) is 2.74. The minimum atomic E-state index is 0. The first-order valence-electron chi connectivity index (χ1n) is 7.53. The van der Waals surface area contributed by atoms with E-state index in [1.54, 1.807) is 0 Å². The molecule has 2 heterocycles. The van der Waals surface area contributed by atoms with E-state index in [0.29, 0.717) is 6.04 Å². The van der Waals surface area contributed by atoms with E-state index >= 15 is 0 Å². The first kappa shape index (κ1) is 15.8. The maximum atomic E-state index is 6.30. The number of nitrogens with zero attached hydrogens (tertiary/aromatic N) is 3. The molecule has 0 spiro atoms. The van der Waals surface area contributed by atoms with Crippen LogP contribution in [-0.2, 0) is 13.6 Å². The Labute approximate surface area is 128 Å².